The number of benzene rings is 3. The van der Waals surface area contributed by atoms with Crippen LogP contribution in [0.5, 0.6) is 5.75 Å². The smallest absolute Gasteiger partial charge is 0.416 e. The number of alkyl halides is 3. The van der Waals surface area contributed by atoms with Crippen molar-refractivity contribution < 1.29 is 22.7 Å². The zero-order valence-electron chi connectivity index (χ0n) is 19.8. The molecule has 0 unspecified atom stereocenters. The fourth-order valence-corrected chi connectivity index (χ4v) is 5.13. The lowest BCUT2D eigenvalue weighted by molar-refractivity contribution is -0.137. The van der Waals surface area contributed by atoms with E-state index in [2.05, 4.69) is 4.99 Å². The number of rotatable bonds is 5. The van der Waals surface area contributed by atoms with Gasteiger partial charge in [0.2, 0.25) is 0 Å². The lowest BCUT2D eigenvalue weighted by Gasteiger charge is -2.36. The van der Waals surface area contributed by atoms with Crippen LogP contribution in [0.2, 0.25) is 0 Å². The van der Waals surface area contributed by atoms with Crippen LogP contribution in [0.25, 0.3) is 6.08 Å². The number of nitrogens with zero attached hydrogens (tertiary/aromatic N) is 3. The SMILES string of the molecule is O=C1N=C(N2CCN(c3cccc(C(F)(F)F)c3)CC2)SC1=Cc1ccccc1OCc1ccccc1. The first kappa shape index (κ1) is 25.0. The van der Waals surface area contributed by atoms with Gasteiger partial charge >= 0.3 is 6.18 Å². The average molecular weight is 524 g/mol. The third-order valence-corrected chi connectivity index (χ3v) is 7.19. The van der Waals surface area contributed by atoms with Crippen molar-refractivity contribution in [2.75, 3.05) is 31.1 Å². The molecule has 0 saturated carbocycles. The van der Waals surface area contributed by atoms with Gasteiger partial charge in [-0.1, -0.05) is 54.6 Å². The molecule has 0 bridgehead atoms. The number of carbonyl (C=O) groups excluding carboxylic acids is 1. The van der Waals surface area contributed by atoms with Crippen molar-refractivity contribution in [1.82, 2.24) is 4.90 Å². The number of carbonyl (C=O) groups is 1. The number of ether oxygens (including phenoxy) is 1. The maximum atomic E-state index is 13.1. The molecule has 2 aliphatic rings. The third-order valence-electron chi connectivity index (χ3n) is 6.14. The summed E-state index contributed by atoms with van der Waals surface area (Å²) in [6.07, 6.45) is -2.58. The van der Waals surface area contributed by atoms with Crippen molar-refractivity contribution in [3.8, 4) is 5.75 Å². The maximum Gasteiger partial charge on any atom is 0.416 e. The van der Waals surface area contributed by atoms with E-state index in [1.807, 2.05) is 64.4 Å². The van der Waals surface area contributed by atoms with Crippen LogP contribution in [0, 0.1) is 0 Å². The molecule has 5 nitrogen and oxygen atoms in total. The molecule has 0 aliphatic carbocycles. The van der Waals surface area contributed by atoms with Gasteiger partial charge in [0.1, 0.15) is 12.4 Å². The van der Waals surface area contributed by atoms with Gasteiger partial charge in [0.05, 0.1) is 10.5 Å². The van der Waals surface area contributed by atoms with Crippen LogP contribution in [0.3, 0.4) is 0 Å². The predicted octanol–water partition coefficient (Wildman–Crippen LogP) is 6.08. The minimum Gasteiger partial charge on any atom is -0.488 e. The number of hydrogen-bond acceptors (Lipinski definition) is 5. The van der Waals surface area contributed by atoms with Gasteiger partial charge in [-0.25, -0.2) is 0 Å². The Labute approximate surface area is 217 Å². The Balaban J connectivity index is 1.22. The van der Waals surface area contributed by atoms with E-state index in [9.17, 15) is 18.0 Å². The highest BCUT2D eigenvalue weighted by molar-refractivity contribution is 8.18. The summed E-state index contributed by atoms with van der Waals surface area (Å²) in [6.45, 7) is 2.59. The quantitative estimate of drug-likeness (QED) is 0.380. The molecular formula is C28H24F3N3O2S. The normalized spacial score (nSPS) is 17.3. The first-order chi connectivity index (χ1) is 17.9. The van der Waals surface area contributed by atoms with Crippen LogP contribution in [0.1, 0.15) is 16.7 Å². The second-order valence-electron chi connectivity index (χ2n) is 8.64. The van der Waals surface area contributed by atoms with E-state index >= 15 is 0 Å². The molecule has 9 heteroatoms. The van der Waals surface area contributed by atoms with Crippen molar-refractivity contribution in [3.63, 3.8) is 0 Å². The number of amides is 1. The number of amidine groups is 1. The van der Waals surface area contributed by atoms with Crippen LogP contribution in [0.4, 0.5) is 18.9 Å². The molecule has 1 fully saturated rings. The van der Waals surface area contributed by atoms with E-state index in [1.165, 1.54) is 23.9 Å². The largest absolute Gasteiger partial charge is 0.488 e. The molecule has 0 spiro atoms. The van der Waals surface area contributed by atoms with E-state index in [1.54, 1.807) is 12.1 Å². The molecule has 0 N–H and O–H groups in total. The van der Waals surface area contributed by atoms with Crippen LogP contribution >= 0.6 is 11.8 Å². The van der Waals surface area contributed by atoms with Gasteiger partial charge in [-0.15, -0.1) is 0 Å². The minimum absolute atomic E-state index is 0.307. The van der Waals surface area contributed by atoms with Crippen LogP contribution in [-0.2, 0) is 17.6 Å². The molecule has 0 atom stereocenters. The highest BCUT2D eigenvalue weighted by atomic mass is 32.2. The molecule has 5 rings (SSSR count). The van der Waals surface area contributed by atoms with Gasteiger partial charge < -0.3 is 14.5 Å². The number of aliphatic imine (C=N–C) groups is 1. The van der Waals surface area contributed by atoms with Crippen LogP contribution in [0.15, 0.2) is 88.8 Å². The Bertz CT molecular complexity index is 1330. The number of thioether (sulfide) groups is 1. The maximum absolute atomic E-state index is 13.1. The highest BCUT2D eigenvalue weighted by Gasteiger charge is 2.32. The van der Waals surface area contributed by atoms with Crippen molar-refractivity contribution in [1.29, 1.82) is 0 Å². The predicted molar refractivity (Wildman–Crippen MR) is 140 cm³/mol. The summed E-state index contributed by atoms with van der Waals surface area (Å²) >= 11 is 1.31. The van der Waals surface area contributed by atoms with Crippen molar-refractivity contribution in [3.05, 3.63) is 100 Å². The van der Waals surface area contributed by atoms with E-state index in [-0.39, 0.29) is 5.91 Å². The van der Waals surface area contributed by atoms with Gasteiger partial charge in [-0.05, 0) is 47.7 Å². The Morgan fingerprint density at radius 3 is 2.35 bits per heavy atom. The Morgan fingerprint density at radius 2 is 1.59 bits per heavy atom. The number of halogens is 3. The number of piperazine rings is 1. The summed E-state index contributed by atoms with van der Waals surface area (Å²) in [7, 11) is 0. The Hall–Kier alpha value is -3.72. The third kappa shape index (κ3) is 5.99. The standard InChI is InChI=1S/C28H24F3N3O2S/c29-28(30,31)22-10-6-11-23(18-22)33-13-15-34(16-14-33)27-32-26(35)25(37-27)17-21-9-4-5-12-24(21)36-19-20-7-2-1-3-8-20/h1-12,17-18H,13-16,19H2. The molecule has 1 saturated heterocycles. The lowest BCUT2D eigenvalue weighted by atomic mass is 10.1. The topological polar surface area (TPSA) is 45.1 Å². The van der Waals surface area contributed by atoms with Gasteiger partial charge in [0.25, 0.3) is 5.91 Å². The molecular weight excluding hydrogens is 499 g/mol. The summed E-state index contributed by atoms with van der Waals surface area (Å²) < 4.78 is 45.3. The highest BCUT2D eigenvalue weighted by Crippen LogP contribution is 2.34. The number of anilines is 1. The van der Waals surface area contributed by atoms with Crippen molar-refractivity contribution in [2.45, 2.75) is 12.8 Å². The second kappa shape index (κ2) is 10.7. The van der Waals surface area contributed by atoms with Gasteiger partial charge in [0, 0.05) is 37.4 Å². The first-order valence-electron chi connectivity index (χ1n) is 11.8. The monoisotopic (exact) mass is 523 g/mol. The Morgan fingerprint density at radius 1 is 0.892 bits per heavy atom. The van der Waals surface area contributed by atoms with E-state index in [0.717, 1.165) is 17.2 Å². The number of hydrogen-bond donors (Lipinski definition) is 0. The van der Waals surface area contributed by atoms with Crippen molar-refractivity contribution >= 4 is 34.6 Å². The molecule has 3 aromatic rings. The molecule has 3 aromatic carbocycles. The van der Waals surface area contributed by atoms with E-state index < -0.39 is 11.7 Å². The fraction of sp³-hybridized carbons (Fsp3) is 0.214. The molecule has 2 aliphatic heterocycles. The number of para-hydroxylation sites is 1. The molecule has 190 valence electrons. The molecule has 0 radical (unpaired) electrons. The van der Waals surface area contributed by atoms with Crippen molar-refractivity contribution in [2.24, 2.45) is 4.99 Å². The first-order valence-corrected chi connectivity index (χ1v) is 12.6. The lowest BCUT2D eigenvalue weighted by Crippen LogP contribution is -2.47. The van der Waals surface area contributed by atoms with Gasteiger partial charge in [0.15, 0.2) is 5.17 Å². The molecule has 0 aromatic heterocycles. The molecule has 2 heterocycles. The molecule has 1 amide bonds. The van der Waals surface area contributed by atoms with Crippen LogP contribution < -0.4 is 9.64 Å². The Kier molecular flexibility index (Phi) is 7.23. The zero-order valence-corrected chi connectivity index (χ0v) is 20.6. The van der Waals surface area contributed by atoms with Gasteiger partial charge in [-0.3, -0.25) is 4.79 Å². The summed E-state index contributed by atoms with van der Waals surface area (Å²) in [5, 5.41) is 0.614. The van der Waals surface area contributed by atoms with Gasteiger partial charge in [-0.2, -0.15) is 18.2 Å². The van der Waals surface area contributed by atoms with E-state index in [4.69, 9.17) is 4.74 Å². The fourth-order valence-electron chi connectivity index (χ4n) is 4.18. The summed E-state index contributed by atoms with van der Waals surface area (Å²) in [4.78, 5) is 21.4. The van der Waals surface area contributed by atoms with Crippen LogP contribution in [-0.4, -0.2) is 42.2 Å². The summed E-state index contributed by atoms with van der Waals surface area (Å²) in [5.74, 6) is 0.369. The summed E-state index contributed by atoms with van der Waals surface area (Å²) in [5.41, 5.74) is 1.72. The van der Waals surface area contributed by atoms with E-state index in [0.29, 0.717) is 54.3 Å². The minimum atomic E-state index is -4.37. The summed E-state index contributed by atoms with van der Waals surface area (Å²) in [6, 6.07) is 22.8. The second-order valence-corrected chi connectivity index (χ2v) is 9.65. The zero-order chi connectivity index (χ0) is 25.8. The molecule has 37 heavy (non-hydrogen) atoms. The average Bonchev–Trinajstić information content (AvgIpc) is 3.28.